The molecule has 0 aliphatic carbocycles. The molecule has 1 aliphatic heterocycles. The predicted molar refractivity (Wildman–Crippen MR) is 81.3 cm³/mol. The molecule has 0 aromatic carbocycles. The third-order valence-electron chi connectivity index (χ3n) is 4.28. The van der Waals surface area contributed by atoms with Crippen LogP contribution in [0.4, 0.5) is 0 Å². The summed E-state index contributed by atoms with van der Waals surface area (Å²) in [5, 5.41) is 3.65. The van der Waals surface area contributed by atoms with Crippen molar-refractivity contribution in [2.24, 2.45) is 5.92 Å². The molecule has 2 heterocycles. The SMILES string of the molecule is CCCn1cccc1CNCC1CCN(CC)CC1. The van der Waals surface area contributed by atoms with Crippen molar-refractivity contribution in [1.82, 2.24) is 14.8 Å². The van der Waals surface area contributed by atoms with Gasteiger partial charge in [-0.3, -0.25) is 0 Å². The van der Waals surface area contributed by atoms with E-state index in [1.807, 2.05) is 0 Å². The number of piperidine rings is 1. The van der Waals surface area contributed by atoms with Gasteiger partial charge in [0.05, 0.1) is 0 Å². The third kappa shape index (κ3) is 4.36. The summed E-state index contributed by atoms with van der Waals surface area (Å²) in [6, 6.07) is 4.40. The Kier molecular flexibility index (Phi) is 5.93. The second-order valence-corrected chi connectivity index (χ2v) is 5.70. The number of rotatable bonds is 7. The van der Waals surface area contributed by atoms with Crippen LogP contribution in [0, 0.1) is 5.92 Å². The molecule has 1 aromatic rings. The lowest BCUT2D eigenvalue weighted by Crippen LogP contribution is -2.37. The zero-order valence-corrected chi connectivity index (χ0v) is 12.6. The van der Waals surface area contributed by atoms with Gasteiger partial charge in [-0.1, -0.05) is 13.8 Å². The molecule has 19 heavy (non-hydrogen) atoms. The average Bonchev–Trinajstić information content (AvgIpc) is 2.88. The Morgan fingerprint density at radius 1 is 1.26 bits per heavy atom. The molecule has 0 spiro atoms. The number of aryl methyl sites for hydroxylation is 1. The first-order chi connectivity index (χ1) is 9.33. The van der Waals surface area contributed by atoms with Gasteiger partial charge in [0.2, 0.25) is 0 Å². The van der Waals surface area contributed by atoms with Crippen LogP contribution in [-0.4, -0.2) is 35.6 Å². The maximum atomic E-state index is 3.65. The Balaban J connectivity index is 1.67. The van der Waals surface area contributed by atoms with E-state index >= 15 is 0 Å². The number of hydrogen-bond donors (Lipinski definition) is 1. The van der Waals surface area contributed by atoms with Crippen molar-refractivity contribution in [1.29, 1.82) is 0 Å². The molecule has 1 saturated heterocycles. The molecule has 1 fully saturated rings. The van der Waals surface area contributed by atoms with Gasteiger partial charge in [-0.15, -0.1) is 0 Å². The average molecular weight is 263 g/mol. The first-order valence-corrected chi connectivity index (χ1v) is 7.90. The molecule has 1 aliphatic rings. The van der Waals surface area contributed by atoms with E-state index in [9.17, 15) is 0 Å². The van der Waals surface area contributed by atoms with Gasteiger partial charge < -0.3 is 14.8 Å². The minimum atomic E-state index is 0.873. The molecule has 3 nitrogen and oxygen atoms in total. The van der Waals surface area contributed by atoms with Crippen molar-refractivity contribution in [3.05, 3.63) is 24.0 Å². The second-order valence-electron chi connectivity index (χ2n) is 5.70. The van der Waals surface area contributed by atoms with Crippen LogP contribution in [0.25, 0.3) is 0 Å². The van der Waals surface area contributed by atoms with E-state index in [0.29, 0.717) is 0 Å². The highest BCUT2D eigenvalue weighted by molar-refractivity contribution is 5.06. The van der Waals surface area contributed by atoms with Gasteiger partial charge in [0, 0.05) is 25.0 Å². The zero-order valence-electron chi connectivity index (χ0n) is 12.6. The Morgan fingerprint density at radius 2 is 2.05 bits per heavy atom. The minimum absolute atomic E-state index is 0.873. The summed E-state index contributed by atoms with van der Waals surface area (Å²) < 4.78 is 2.37. The minimum Gasteiger partial charge on any atom is -0.350 e. The van der Waals surface area contributed by atoms with Gasteiger partial charge in [-0.2, -0.15) is 0 Å². The van der Waals surface area contributed by atoms with Crippen LogP contribution in [0.3, 0.4) is 0 Å². The molecule has 0 amide bonds. The van der Waals surface area contributed by atoms with Crippen LogP contribution in [0.5, 0.6) is 0 Å². The van der Waals surface area contributed by atoms with Crippen molar-refractivity contribution in [3.63, 3.8) is 0 Å². The molecule has 3 heteroatoms. The quantitative estimate of drug-likeness (QED) is 0.816. The molecule has 0 atom stereocenters. The fourth-order valence-corrected chi connectivity index (χ4v) is 2.98. The lowest BCUT2D eigenvalue weighted by Gasteiger charge is -2.31. The second kappa shape index (κ2) is 7.71. The van der Waals surface area contributed by atoms with Crippen LogP contribution in [-0.2, 0) is 13.1 Å². The van der Waals surface area contributed by atoms with E-state index in [2.05, 4.69) is 47.0 Å². The van der Waals surface area contributed by atoms with E-state index in [4.69, 9.17) is 0 Å². The van der Waals surface area contributed by atoms with E-state index in [1.165, 1.54) is 51.1 Å². The van der Waals surface area contributed by atoms with E-state index < -0.39 is 0 Å². The Morgan fingerprint density at radius 3 is 2.74 bits per heavy atom. The fraction of sp³-hybridized carbons (Fsp3) is 0.750. The maximum absolute atomic E-state index is 3.65. The Bertz CT molecular complexity index is 351. The van der Waals surface area contributed by atoms with Crippen molar-refractivity contribution in [3.8, 4) is 0 Å². The molecule has 1 N–H and O–H groups in total. The smallest absolute Gasteiger partial charge is 0.0359 e. The van der Waals surface area contributed by atoms with Crippen LogP contribution in [0.2, 0.25) is 0 Å². The Hall–Kier alpha value is -0.800. The molecule has 0 saturated carbocycles. The maximum Gasteiger partial charge on any atom is 0.0359 e. The van der Waals surface area contributed by atoms with Gasteiger partial charge in [-0.05, 0) is 63.5 Å². The molecular formula is C16H29N3. The summed E-state index contributed by atoms with van der Waals surface area (Å²) in [6.45, 7) is 11.6. The topological polar surface area (TPSA) is 20.2 Å². The van der Waals surface area contributed by atoms with Crippen molar-refractivity contribution >= 4 is 0 Å². The highest BCUT2D eigenvalue weighted by Crippen LogP contribution is 2.16. The molecule has 0 radical (unpaired) electrons. The van der Waals surface area contributed by atoms with Crippen LogP contribution >= 0.6 is 0 Å². The molecule has 1 aromatic heterocycles. The molecule has 108 valence electrons. The Labute approximate surface area is 118 Å². The highest BCUT2D eigenvalue weighted by Gasteiger charge is 2.17. The van der Waals surface area contributed by atoms with Gasteiger partial charge >= 0.3 is 0 Å². The normalized spacial score (nSPS) is 18.0. The van der Waals surface area contributed by atoms with Gasteiger partial charge in [0.25, 0.3) is 0 Å². The lowest BCUT2D eigenvalue weighted by molar-refractivity contribution is 0.190. The van der Waals surface area contributed by atoms with Crippen LogP contribution < -0.4 is 5.32 Å². The van der Waals surface area contributed by atoms with Crippen molar-refractivity contribution < 1.29 is 0 Å². The largest absolute Gasteiger partial charge is 0.350 e. The number of nitrogens with one attached hydrogen (secondary N) is 1. The van der Waals surface area contributed by atoms with E-state index in [-0.39, 0.29) is 0 Å². The standard InChI is InChI=1S/C16H29N3/c1-3-9-19-10-5-6-16(19)14-17-13-15-7-11-18(4-2)12-8-15/h5-6,10,15,17H,3-4,7-9,11-14H2,1-2H3. The first-order valence-electron chi connectivity index (χ1n) is 7.90. The summed E-state index contributed by atoms with van der Waals surface area (Å²) in [4.78, 5) is 2.56. The molecule has 2 rings (SSSR count). The fourth-order valence-electron chi connectivity index (χ4n) is 2.98. The highest BCUT2D eigenvalue weighted by atomic mass is 15.1. The zero-order chi connectivity index (χ0) is 13.5. The number of nitrogens with zero attached hydrogens (tertiary/aromatic N) is 2. The van der Waals surface area contributed by atoms with Gasteiger partial charge in [0.1, 0.15) is 0 Å². The third-order valence-corrected chi connectivity index (χ3v) is 4.28. The molecular weight excluding hydrogens is 234 g/mol. The van der Waals surface area contributed by atoms with E-state index in [0.717, 1.165) is 19.0 Å². The summed E-state index contributed by atoms with van der Waals surface area (Å²) >= 11 is 0. The van der Waals surface area contributed by atoms with Gasteiger partial charge in [-0.25, -0.2) is 0 Å². The number of likely N-dealkylation sites (tertiary alicyclic amines) is 1. The molecule has 0 unspecified atom stereocenters. The van der Waals surface area contributed by atoms with Crippen molar-refractivity contribution in [2.75, 3.05) is 26.2 Å². The lowest BCUT2D eigenvalue weighted by atomic mass is 9.97. The van der Waals surface area contributed by atoms with Gasteiger partial charge in [0.15, 0.2) is 0 Å². The number of aromatic nitrogens is 1. The first kappa shape index (κ1) is 14.6. The van der Waals surface area contributed by atoms with Crippen LogP contribution in [0.1, 0.15) is 38.8 Å². The summed E-state index contributed by atoms with van der Waals surface area (Å²) in [6.07, 6.45) is 6.12. The number of hydrogen-bond acceptors (Lipinski definition) is 2. The summed E-state index contributed by atoms with van der Waals surface area (Å²) in [5.41, 5.74) is 1.42. The summed E-state index contributed by atoms with van der Waals surface area (Å²) in [7, 11) is 0. The van der Waals surface area contributed by atoms with Crippen molar-refractivity contribution in [2.45, 2.75) is 46.2 Å². The molecule has 0 bridgehead atoms. The van der Waals surface area contributed by atoms with Crippen LogP contribution in [0.15, 0.2) is 18.3 Å². The summed E-state index contributed by atoms with van der Waals surface area (Å²) in [5.74, 6) is 0.873. The monoisotopic (exact) mass is 263 g/mol. The predicted octanol–water partition coefficient (Wildman–Crippen LogP) is 2.72. The van der Waals surface area contributed by atoms with E-state index in [1.54, 1.807) is 0 Å².